The molecule has 5 nitrogen and oxygen atoms in total. The minimum Gasteiger partial charge on any atom is -0.384 e. The van der Waals surface area contributed by atoms with E-state index in [0.717, 1.165) is 5.56 Å². The molecule has 0 bridgehead atoms. The molecular weight excluding hydrogens is 502 g/mol. The number of aryl methyl sites for hydroxylation is 1. The summed E-state index contributed by atoms with van der Waals surface area (Å²) in [5, 5.41) is 5.04. The van der Waals surface area contributed by atoms with Crippen LogP contribution in [-0.4, -0.2) is 31.8 Å². The molecule has 0 aromatic heterocycles. The lowest BCUT2D eigenvalue weighted by molar-refractivity contribution is -0.142. The molecule has 0 fully saturated rings. The van der Waals surface area contributed by atoms with E-state index in [2.05, 4.69) is 5.16 Å². The highest BCUT2D eigenvalue weighted by molar-refractivity contribution is 7.92. The standard InChI is InChI=1S/C22H20Cl2F3NO4S/c1-13-7-14(3-4-20(13)33(30,31)12-18(29)5-6-22(25,26)27)19-11-21(2,32-28-19)15-8-16(23)10-17(24)9-15/h3-4,7-10H,5-6,11-12H2,1-2H3. The van der Waals surface area contributed by atoms with Gasteiger partial charge in [0.1, 0.15) is 11.5 Å². The van der Waals surface area contributed by atoms with Gasteiger partial charge in [-0.15, -0.1) is 0 Å². The monoisotopic (exact) mass is 521 g/mol. The maximum absolute atomic E-state index is 12.6. The molecule has 1 heterocycles. The van der Waals surface area contributed by atoms with Crippen LogP contribution in [0.5, 0.6) is 0 Å². The molecule has 0 N–H and O–H groups in total. The zero-order valence-electron chi connectivity index (χ0n) is 17.7. The lowest BCUT2D eigenvalue weighted by Gasteiger charge is -2.22. The highest BCUT2D eigenvalue weighted by Gasteiger charge is 2.37. The Morgan fingerprint density at radius 1 is 1.15 bits per heavy atom. The number of carbonyl (C=O) groups is 1. The van der Waals surface area contributed by atoms with E-state index in [4.69, 9.17) is 28.0 Å². The molecule has 2 aromatic rings. The van der Waals surface area contributed by atoms with Gasteiger partial charge in [0, 0.05) is 28.5 Å². The van der Waals surface area contributed by atoms with Crippen LogP contribution in [-0.2, 0) is 25.1 Å². The minimum atomic E-state index is -4.52. The molecule has 0 amide bonds. The number of carbonyl (C=O) groups excluding carboxylic acids is 1. The number of benzene rings is 2. The summed E-state index contributed by atoms with van der Waals surface area (Å²) in [4.78, 5) is 17.3. The molecule has 178 valence electrons. The molecule has 2 aromatic carbocycles. The van der Waals surface area contributed by atoms with Gasteiger partial charge in [-0.25, -0.2) is 8.42 Å². The number of nitrogens with zero attached hydrogens (tertiary/aromatic N) is 1. The van der Waals surface area contributed by atoms with Crippen LogP contribution in [0.2, 0.25) is 10.0 Å². The van der Waals surface area contributed by atoms with Crippen molar-refractivity contribution in [3.05, 3.63) is 63.1 Å². The van der Waals surface area contributed by atoms with Gasteiger partial charge in [0.15, 0.2) is 15.4 Å². The minimum absolute atomic E-state index is 0.115. The van der Waals surface area contributed by atoms with Crippen LogP contribution in [0.1, 0.15) is 42.9 Å². The number of halogens is 5. The van der Waals surface area contributed by atoms with E-state index in [9.17, 15) is 26.4 Å². The highest BCUT2D eigenvalue weighted by Crippen LogP contribution is 2.38. The van der Waals surface area contributed by atoms with Gasteiger partial charge in [0.2, 0.25) is 0 Å². The second-order valence-corrected chi connectivity index (χ2v) is 10.9. The molecule has 3 rings (SSSR count). The van der Waals surface area contributed by atoms with Crippen molar-refractivity contribution >= 4 is 44.5 Å². The Bertz CT molecular complexity index is 1210. The van der Waals surface area contributed by atoms with E-state index < -0.39 is 46.0 Å². The van der Waals surface area contributed by atoms with Crippen molar-refractivity contribution in [1.82, 2.24) is 0 Å². The third-order valence-electron chi connectivity index (χ3n) is 5.22. The van der Waals surface area contributed by atoms with Crippen LogP contribution in [0.3, 0.4) is 0 Å². The summed E-state index contributed by atoms with van der Waals surface area (Å²) in [6, 6.07) is 9.49. The van der Waals surface area contributed by atoms with Crippen molar-refractivity contribution in [2.45, 2.75) is 49.8 Å². The van der Waals surface area contributed by atoms with Crippen LogP contribution in [0.25, 0.3) is 0 Å². The number of alkyl halides is 3. The number of ketones is 1. The van der Waals surface area contributed by atoms with Gasteiger partial charge < -0.3 is 4.84 Å². The van der Waals surface area contributed by atoms with E-state index in [-0.39, 0.29) is 4.90 Å². The van der Waals surface area contributed by atoms with Crippen molar-refractivity contribution < 1.29 is 31.2 Å². The molecular formula is C22H20Cl2F3NO4S. The fourth-order valence-corrected chi connectivity index (χ4v) is 5.60. The van der Waals surface area contributed by atoms with Crippen LogP contribution >= 0.6 is 23.2 Å². The van der Waals surface area contributed by atoms with Gasteiger partial charge in [0.05, 0.1) is 17.0 Å². The van der Waals surface area contributed by atoms with Crippen LogP contribution in [0.15, 0.2) is 46.4 Å². The predicted molar refractivity (Wildman–Crippen MR) is 120 cm³/mol. The maximum atomic E-state index is 12.6. The van der Waals surface area contributed by atoms with E-state index in [1.807, 2.05) is 6.92 Å². The summed E-state index contributed by atoms with van der Waals surface area (Å²) in [5.41, 5.74) is 1.44. The first kappa shape index (κ1) is 25.5. The number of oxime groups is 1. The summed E-state index contributed by atoms with van der Waals surface area (Å²) in [7, 11) is -4.09. The quantitative estimate of drug-likeness (QED) is 0.446. The molecule has 1 aliphatic heterocycles. The first-order valence-corrected chi connectivity index (χ1v) is 12.2. The van der Waals surface area contributed by atoms with Gasteiger partial charge >= 0.3 is 6.18 Å². The van der Waals surface area contributed by atoms with E-state index in [1.54, 1.807) is 31.2 Å². The normalized spacial score (nSPS) is 18.7. The number of Topliss-reactive ketones (excluding diaryl/α,β-unsaturated/α-hetero) is 1. The average molecular weight is 522 g/mol. The molecule has 0 spiro atoms. The predicted octanol–water partition coefficient (Wildman–Crippen LogP) is 6.03. The van der Waals surface area contributed by atoms with Crippen molar-refractivity contribution in [3.63, 3.8) is 0 Å². The molecule has 1 aliphatic rings. The third-order valence-corrected chi connectivity index (χ3v) is 7.48. The average Bonchev–Trinajstić information content (AvgIpc) is 3.08. The number of hydrogen-bond donors (Lipinski definition) is 0. The number of sulfone groups is 1. The Balaban J connectivity index is 1.76. The molecule has 1 unspecified atom stereocenters. The van der Waals surface area contributed by atoms with Crippen molar-refractivity contribution in [2.75, 3.05) is 5.75 Å². The van der Waals surface area contributed by atoms with Crippen molar-refractivity contribution in [1.29, 1.82) is 0 Å². The number of hydrogen-bond acceptors (Lipinski definition) is 5. The second-order valence-electron chi connectivity index (χ2n) is 8.09. The Kier molecular flexibility index (Phi) is 7.17. The summed E-state index contributed by atoms with van der Waals surface area (Å²) in [6.07, 6.45) is -6.38. The van der Waals surface area contributed by atoms with E-state index in [0.29, 0.717) is 33.3 Å². The zero-order valence-corrected chi connectivity index (χ0v) is 20.0. The first-order valence-electron chi connectivity index (χ1n) is 9.82. The Morgan fingerprint density at radius 2 is 1.79 bits per heavy atom. The molecule has 11 heteroatoms. The molecule has 0 radical (unpaired) electrons. The Hall–Kier alpha value is -2.10. The molecule has 0 aliphatic carbocycles. The van der Waals surface area contributed by atoms with E-state index in [1.165, 1.54) is 12.1 Å². The highest BCUT2D eigenvalue weighted by atomic mass is 35.5. The van der Waals surface area contributed by atoms with Crippen LogP contribution in [0.4, 0.5) is 13.2 Å². The third kappa shape index (κ3) is 6.28. The Labute approximate surface area is 199 Å². The summed E-state index contributed by atoms with van der Waals surface area (Å²) < 4.78 is 62.1. The molecule has 1 atom stereocenters. The summed E-state index contributed by atoms with van der Waals surface area (Å²) in [6.45, 7) is 3.37. The van der Waals surface area contributed by atoms with Crippen LogP contribution in [0, 0.1) is 6.92 Å². The van der Waals surface area contributed by atoms with Gasteiger partial charge in [-0.2, -0.15) is 13.2 Å². The molecule has 0 saturated carbocycles. The topological polar surface area (TPSA) is 72.8 Å². The molecule has 33 heavy (non-hydrogen) atoms. The van der Waals surface area contributed by atoms with Crippen molar-refractivity contribution in [2.24, 2.45) is 5.16 Å². The van der Waals surface area contributed by atoms with Crippen LogP contribution < -0.4 is 0 Å². The van der Waals surface area contributed by atoms with Crippen molar-refractivity contribution in [3.8, 4) is 0 Å². The number of rotatable bonds is 7. The SMILES string of the molecule is Cc1cc(C2=NOC(C)(c3cc(Cl)cc(Cl)c3)C2)ccc1S(=O)(=O)CC(=O)CCC(F)(F)F. The lowest BCUT2D eigenvalue weighted by Crippen LogP contribution is -2.22. The summed E-state index contributed by atoms with van der Waals surface area (Å²) >= 11 is 12.2. The van der Waals surface area contributed by atoms with Gasteiger partial charge in [-0.1, -0.05) is 34.4 Å². The Morgan fingerprint density at radius 3 is 2.36 bits per heavy atom. The smallest absolute Gasteiger partial charge is 0.384 e. The maximum Gasteiger partial charge on any atom is 0.389 e. The first-order chi connectivity index (χ1) is 15.2. The van der Waals surface area contributed by atoms with Gasteiger partial charge in [0.25, 0.3) is 0 Å². The lowest BCUT2D eigenvalue weighted by atomic mass is 9.89. The van der Waals surface area contributed by atoms with E-state index >= 15 is 0 Å². The van der Waals surface area contributed by atoms with Gasteiger partial charge in [-0.3, -0.25) is 4.79 Å². The summed E-state index contributed by atoms with van der Waals surface area (Å²) in [5.74, 6) is -1.97. The second kappa shape index (κ2) is 9.27. The fraction of sp³-hybridized carbons (Fsp3) is 0.364. The van der Waals surface area contributed by atoms with Gasteiger partial charge in [-0.05, 0) is 55.3 Å². The molecule has 0 saturated heterocycles. The zero-order chi connectivity index (χ0) is 24.6. The fourth-order valence-electron chi connectivity index (χ4n) is 3.53. The largest absolute Gasteiger partial charge is 0.389 e.